The molecule has 1 saturated carbocycles. The molecule has 3 aromatic carbocycles. The standard InChI is InChI=1S/C25H24ClF3/c1-2-3-15-4-6-16(7-5-15)17-8-10-20(22(27)13-17)18-9-11-21-19(12-18)14-23(28)24(26)25(21)29/h8-16H,2-7H2,1H3. The van der Waals surface area contributed by atoms with E-state index in [0.29, 0.717) is 22.4 Å². The van der Waals surface area contributed by atoms with Crippen molar-refractivity contribution in [2.75, 3.05) is 0 Å². The van der Waals surface area contributed by atoms with Gasteiger partial charge in [-0.05, 0) is 72.2 Å². The molecule has 0 heterocycles. The van der Waals surface area contributed by atoms with Gasteiger partial charge in [-0.15, -0.1) is 0 Å². The lowest BCUT2D eigenvalue weighted by Crippen LogP contribution is -2.13. The van der Waals surface area contributed by atoms with Crippen molar-refractivity contribution in [3.05, 3.63) is 70.5 Å². The van der Waals surface area contributed by atoms with E-state index in [2.05, 4.69) is 6.92 Å². The van der Waals surface area contributed by atoms with Gasteiger partial charge in [0, 0.05) is 10.9 Å². The first-order valence-electron chi connectivity index (χ1n) is 10.3. The summed E-state index contributed by atoms with van der Waals surface area (Å²) in [6, 6.07) is 11.4. The van der Waals surface area contributed by atoms with Crippen LogP contribution in [0.3, 0.4) is 0 Å². The van der Waals surface area contributed by atoms with Crippen LogP contribution in [0.25, 0.3) is 21.9 Å². The Balaban J connectivity index is 1.61. The zero-order valence-corrected chi connectivity index (χ0v) is 17.2. The second-order valence-electron chi connectivity index (χ2n) is 8.17. The second kappa shape index (κ2) is 8.39. The molecule has 0 N–H and O–H groups in total. The predicted molar refractivity (Wildman–Crippen MR) is 114 cm³/mol. The Hall–Kier alpha value is -2.00. The highest BCUT2D eigenvalue weighted by Crippen LogP contribution is 2.39. The first-order chi connectivity index (χ1) is 14.0. The van der Waals surface area contributed by atoms with Crippen molar-refractivity contribution in [1.29, 1.82) is 0 Å². The molecule has 4 heteroatoms. The van der Waals surface area contributed by atoms with Crippen LogP contribution in [0.2, 0.25) is 5.02 Å². The van der Waals surface area contributed by atoms with E-state index in [9.17, 15) is 13.2 Å². The summed E-state index contributed by atoms with van der Waals surface area (Å²) in [4.78, 5) is 0. The Bertz CT molecular complexity index is 1040. The van der Waals surface area contributed by atoms with Crippen molar-refractivity contribution in [3.8, 4) is 11.1 Å². The van der Waals surface area contributed by atoms with Crippen molar-refractivity contribution in [2.24, 2.45) is 5.92 Å². The van der Waals surface area contributed by atoms with Gasteiger partial charge in [-0.2, -0.15) is 0 Å². The molecule has 0 aromatic heterocycles. The lowest BCUT2D eigenvalue weighted by molar-refractivity contribution is 0.308. The van der Waals surface area contributed by atoms with Crippen LogP contribution in [0.5, 0.6) is 0 Å². The smallest absolute Gasteiger partial charge is 0.152 e. The monoisotopic (exact) mass is 416 g/mol. The summed E-state index contributed by atoms with van der Waals surface area (Å²) in [5.41, 5.74) is 2.08. The molecule has 0 spiro atoms. The van der Waals surface area contributed by atoms with Gasteiger partial charge in [-0.25, -0.2) is 13.2 Å². The van der Waals surface area contributed by atoms with Gasteiger partial charge >= 0.3 is 0 Å². The van der Waals surface area contributed by atoms with Crippen LogP contribution in [0.1, 0.15) is 56.9 Å². The van der Waals surface area contributed by atoms with Crippen molar-refractivity contribution in [3.63, 3.8) is 0 Å². The molecule has 1 aliphatic rings. The number of hydrogen-bond acceptors (Lipinski definition) is 0. The molecule has 0 aliphatic heterocycles. The quantitative estimate of drug-likeness (QED) is 0.373. The molecule has 0 saturated heterocycles. The third-order valence-corrected chi connectivity index (χ3v) is 6.64. The van der Waals surface area contributed by atoms with Gasteiger partial charge in [-0.1, -0.05) is 55.6 Å². The van der Waals surface area contributed by atoms with Crippen LogP contribution < -0.4 is 0 Å². The maximum Gasteiger partial charge on any atom is 0.152 e. The molecule has 0 radical (unpaired) electrons. The van der Waals surface area contributed by atoms with E-state index in [1.165, 1.54) is 37.8 Å². The van der Waals surface area contributed by atoms with Crippen molar-refractivity contribution >= 4 is 22.4 Å². The van der Waals surface area contributed by atoms with E-state index in [1.807, 2.05) is 6.07 Å². The molecule has 152 valence electrons. The van der Waals surface area contributed by atoms with Gasteiger partial charge in [0.1, 0.15) is 16.7 Å². The summed E-state index contributed by atoms with van der Waals surface area (Å²) in [5, 5.41) is 0.0649. The number of fused-ring (bicyclic) bond motifs is 1. The van der Waals surface area contributed by atoms with Crippen LogP contribution in [0.4, 0.5) is 13.2 Å². The van der Waals surface area contributed by atoms with Crippen LogP contribution >= 0.6 is 11.6 Å². The molecule has 3 aromatic rings. The lowest BCUT2D eigenvalue weighted by Gasteiger charge is -2.28. The van der Waals surface area contributed by atoms with Crippen LogP contribution in [-0.2, 0) is 0 Å². The van der Waals surface area contributed by atoms with Gasteiger partial charge in [0.2, 0.25) is 0 Å². The highest BCUT2D eigenvalue weighted by Gasteiger charge is 2.23. The van der Waals surface area contributed by atoms with Gasteiger partial charge < -0.3 is 0 Å². The Morgan fingerprint density at radius 2 is 1.66 bits per heavy atom. The Kier molecular flexibility index (Phi) is 5.87. The summed E-state index contributed by atoms with van der Waals surface area (Å²) < 4.78 is 42.9. The fourth-order valence-corrected chi connectivity index (χ4v) is 4.84. The summed E-state index contributed by atoms with van der Waals surface area (Å²) in [7, 11) is 0. The van der Waals surface area contributed by atoms with Crippen LogP contribution in [0, 0.1) is 23.4 Å². The van der Waals surface area contributed by atoms with Gasteiger partial charge in [0.05, 0.1) is 0 Å². The number of halogens is 4. The zero-order valence-electron chi connectivity index (χ0n) is 16.5. The SMILES string of the molecule is CCCC1CCC(c2ccc(-c3ccc4c(F)c(Cl)c(F)cc4c3)c(F)c2)CC1. The van der Waals surface area contributed by atoms with E-state index in [4.69, 9.17) is 11.6 Å². The molecular weight excluding hydrogens is 393 g/mol. The highest BCUT2D eigenvalue weighted by atomic mass is 35.5. The summed E-state index contributed by atoms with van der Waals surface area (Å²) in [5.74, 6) is -0.681. The largest absolute Gasteiger partial charge is 0.206 e. The Morgan fingerprint density at radius 3 is 2.34 bits per heavy atom. The molecule has 0 bridgehead atoms. The van der Waals surface area contributed by atoms with Crippen LogP contribution in [-0.4, -0.2) is 0 Å². The maximum absolute atomic E-state index is 14.9. The minimum absolute atomic E-state index is 0.223. The van der Waals surface area contributed by atoms with E-state index >= 15 is 0 Å². The van der Waals surface area contributed by atoms with Crippen molar-refractivity contribution < 1.29 is 13.2 Å². The van der Waals surface area contributed by atoms with E-state index in [0.717, 1.165) is 24.3 Å². The maximum atomic E-state index is 14.9. The first kappa shape index (κ1) is 20.3. The van der Waals surface area contributed by atoms with E-state index < -0.39 is 16.7 Å². The molecule has 29 heavy (non-hydrogen) atoms. The average molecular weight is 417 g/mol. The summed E-state index contributed by atoms with van der Waals surface area (Å²) in [6.45, 7) is 2.23. The molecule has 4 rings (SSSR count). The number of hydrogen-bond donors (Lipinski definition) is 0. The van der Waals surface area contributed by atoms with Crippen LogP contribution in [0.15, 0.2) is 42.5 Å². The fraction of sp³-hybridized carbons (Fsp3) is 0.360. The molecule has 0 atom stereocenters. The zero-order chi connectivity index (χ0) is 20.5. The minimum atomic E-state index is -0.816. The number of rotatable bonds is 4. The Morgan fingerprint density at radius 1 is 0.897 bits per heavy atom. The van der Waals surface area contributed by atoms with Crippen molar-refractivity contribution in [1.82, 2.24) is 0 Å². The molecule has 1 fully saturated rings. The molecular formula is C25H24ClF3. The third-order valence-electron chi connectivity index (χ3n) is 6.29. The predicted octanol–water partition coefficient (Wildman–Crippen LogP) is 8.65. The summed E-state index contributed by atoms with van der Waals surface area (Å²) in [6.07, 6.45) is 7.16. The van der Waals surface area contributed by atoms with Crippen molar-refractivity contribution in [2.45, 2.75) is 51.4 Å². The van der Waals surface area contributed by atoms with Gasteiger partial charge in [0.25, 0.3) is 0 Å². The van der Waals surface area contributed by atoms with Gasteiger partial charge in [-0.3, -0.25) is 0 Å². The second-order valence-corrected chi connectivity index (χ2v) is 8.55. The Labute approximate surface area is 174 Å². The summed E-state index contributed by atoms with van der Waals surface area (Å²) >= 11 is 5.65. The molecule has 0 unspecified atom stereocenters. The topological polar surface area (TPSA) is 0 Å². The minimum Gasteiger partial charge on any atom is -0.206 e. The fourth-order valence-electron chi connectivity index (χ4n) is 4.68. The third kappa shape index (κ3) is 4.02. The normalized spacial score (nSPS) is 19.6. The highest BCUT2D eigenvalue weighted by molar-refractivity contribution is 6.31. The first-order valence-corrected chi connectivity index (χ1v) is 10.7. The molecule has 0 nitrogen and oxygen atoms in total. The molecule has 1 aliphatic carbocycles. The van der Waals surface area contributed by atoms with E-state index in [1.54, 1.807) is 24.3 Å². The molecule has 0 amide bonds. The van der Waals surface area contributed by atoms with Gasteiger partial charge in [0.15, 0.2) is 5.82 Å². The van der Waals surface area contributed by atoms with E-state index in [-0.39, 0.29) is 11.2 Å². The number of benzene rings is 3. The lowest BCUT2D eigenvalue weighted by atomic mass is 9.77. The average Bonchev–Trinajstić information content (AvgIpc) is 2.72.